The highest BCUT2D eigenvalue weighted by atomic mass is 16.5. The fourth-order valence-electron chi connectivity index (χ4n) is 1.91. The van der Waals surface area contributed by atoms with E-state index in [-0.39, 0.29) is 6.04 Å². The molecular formula is C10H20N2O2. The number of rotatable bonds is 4. The molecule has 1 aliphatic heterocycles. The monoisotopic (exact) mass is 200 g/mol. The molecule has 0 aliphatic carbocycles. The zero-order chi connectivity index (χ0) is 10.4. The number of hydrogen-bond acceptors (Lipinski definition) is 2. The molecule has 0 aromatic heterocycles. The van der Waals surface area contributed by atoms with Crippen LogP contribution in [0.4, 0.5) is 4.79 Å². The minimum Gasteiger partial charge on any atom is -0.381 e. The van der Waals surface area contributed by atoms with Gasteiger partial charge in [-0.05, 0) is 31.6 Å². The van der Waals surface area contributed by atoms with Crippen LogP contribution in [-0.2, 0) is 4.74 Å². The lowest BCUT2D eigenvalue weighted by Crippen LogP contribution is -2.39. The summed E-state index contributed by atoms with van der Waals surface area (Å²) in [6.45, 7) is 3.79. The van der Waals surface area contributed by atoms with Crippen LogP contribution < -0.4 is 11.1 Å². The molecule has 0 bridgehead atoms. The molecule has 2 amide bonds. The standard InChI is InChI=1S/C10H20N2O2/c1-2-9(12-10(11)13)7-8-3-5-14-6-4-8/h8-9H,2-7H2,1H3,(H3,11,12,13)/t9-/m1/s1. The highest BCUT2D eigenvalue weighted by Crippen LogP contribution is 2.20. The Balaban J connectivity index is 2.27. The number of nitrogens with two attached hydrogens (primary N) is 1. The largest absolute Gasteiger partial charge is 0.381 e. The fraction of sp³-hybridized carbons (Fsp3) is 0.900. The molecule has 3 N–H and O–H groups in total. The van der Waals surface area contributed by atoms with Gasteiger partial charge in [0.15, 0.2) is 0 Å². The van der Waals surface area contributed by atoms with Crippen LogP contribution in [0.3, 0.4) is 0 Å². The molecule has 1 rings (SSSR count). The van der Waals surface area contributed by atoms with E-state index >= 15 is 0 Å². The molecular weight excluding hydrogens is 180 g/mol. The summed E-state index contributed by atoms with van der Waals surface area (Å²) >= 11 is 0. The maximum Gasteiger partial charge on any atom is 0.312 e. The Kier molecular flexibility index (Phi) is 4.73. The Morgan fingerprint density at radius 1 is 1.57 bits per heavy atom. The van der Waals surface area contributed by atoms with Crippen molar-refractivity contribution < 1.29 is 9.53 Å². The zero-order valence-electron chi connectivity index (χ0n) is 8.79. The van der Waals surface area contributed by atoms with Crippen LogP contribution >= 0.6 is 0 Å². The van der Waals surface area contributed by atoms with Gasteiger partial charge in [-0.3, -0.25) is 0 Å². The molecule has 4 heteroatoms. The predicted octanol–water partition coefficient (Wildman–Crippen LogP) is 1.25. The lowest BCUT2D eigenvalue weighted by Gasteiger charge is -2.26. The number of primary amides is 1. The first-order chi connectivity index (χ1) is 6.72. The van der Waals surface area contributed by atoms with Gasteiger partial charge in [0.2, 0.25) is 0 Å². The first-order valence-corrected chi connectivity index (χ1v) is 5.36. The average molecular weight is 200 g/mol. The van der Waals surface area contributed by atoms with Crippen molar-refractivity contribution in [3.8, 4) is 0 Å². The molecule has 0 saturated carbocycles. The Hall–Kier alpha value is -0.770. The van der Waals surface area contributed by atoms with Crippen molar-refractivity contribution in [2.24, 2.45) is 11.7 Å². The third-order valence-electron chi connectivity index (χ3n) is 2.80. The molecule has 1 heterocycles. The molecule has 1 saturated heterocycles. The van der Waals surface area contributed by atoms with Crippen LogP contribution in [0.15, 0.2) is 0 Å². The summed E-state index contributed by atoms with van der Waals surface area (Å²) in [5, 5.41) is 2.77. The van der Waals surface area contributed by atoms with Gasteiger partial charge in [-0.1, -0.05) is 6.92 Å². The summed E-state index contributed by atoms with van der Waals surface area (Å²) in [6, 6.07) is -0.181. The van der Waals surface area contributed by atoms with E-state index in [4.69, 9.17) is 10.5 Å². The third-order valence-corrected chi connectivity index (χ3v) is 2.80. The van der Waals surface area contributed by atoms with E-state index in [1.807, 2.05) is 0 Å². The minimum atomic E-state index is -0.413. The topological polar surface area (TPSA) is 64.3 Å². The Morgan fingerprint density at radius 3 is 2.71 bits per heavy atom. The molecule has 1 atom stereocenters. The first kappa shape index (κ1) is 11.3. The molecule has 0 radical (unpaired) electrons. The van der Waals surface area contributed by atoms with E-state index < -0.39 is 6.03 Å². The van der Waals surface area contributed by atoms with Gasteiger partial charge in [0.25, 0.3) is 0 Å². The number of carbonyl (C=O) groups is 1. The van der Waals surface area contributed by atoms with E-state index in [9.17, 15) is 4.79 Å². The van der Waals surface area contributed by atoms with Crippen LogP contribution in [-0.4, -0.2) is 25.3 Å². The van der Waals surface area contributed by atoms with Gasteiger partial charge in [-0.25, -0.2) is 4.79 Å². The van der Waals surface area contributed by atoms with Gasteiger partial charge in [0.05, 0.1) is 0 Å². The minimum absolute atomic E-state index is 0.232. The summed E-state index contributed by atoms with van der Waals surface area (Å²) in [6.07, 6.45) is 4.19. The van der Waals surface area contributed by atoms with Crippen molar-refractivity contribution in [3.05, 3.63) is 0 Å². The SMILES string of the molecule is CC[C@H](CC1CCOCC1)NC(N)=O. The second-order valence-corrected chi connectivity index (χ2v) is 3.91. The molecule has 1 aliphatic rings. The lowest BCUT2D eigenvalue weighted by molar-refractivity contribution is 0.0608. The van der Waals surface area contributed by atoms with E-state index in [2.05, 4.69) is 12.2 Å². The first-order valence-electron chi connectivity index (χ1n) is 5.36. The number of nitrogens with one attached hydrogen (secondary N) is 1. The smallest absolute Gasteiger partial charge is 0.312 e. The van der Waals surface area contributed by atoms with E-state index in [0.29, 0.717) is 5.92 Å². The molecule has 14 heavy (non-hydrogen) atoms. The Labute approximate surface area is 85.2 Å². The number of hydrogen-bond donors (Lipinski definition) is 2. The molecule has 4 nitrogen and oxygen atoms in total. The van der Waals surface area contributed by atoms with Crippen LogP contribution in [0.25, 0.3) is 0 Å². The molecule has 1 fully saturated rings. The van der Waals surface area contributed by atoms with E-state index in [1.54, 1.807) is 0 Å². The van der Waals surface area contributed by atoms with Crippen molar-refractivity contribution in [2.75, 3.05) is 13.2 Å². The fourth-order valence-corrected chi connectivity index (χ4v) is 1.91. The number of ether oxygens (including phenoxy) is 1. The summed E-state index contributed by atoms with van der Waals surface area (Å²) in [5.74, 6) is 0.681. The number of amides is 2. The quantitative estimate of drug-likeness (QED) is 0.717. The number of carbonyl (C=O) groups excluding carboxylic acids is 1. The number of urea groups is 1. The van der Waals surface area contributed by atoms with Gasteiger partial charge in [0, 0.05) is 19.3 Å². The van der Waals surface area contributed by atoms with Crippen LogP contribution in [0.2, 0.25) is 0 Å². The van der Waals surface area contributed by atoms with E-state index in [1.165, 1.54) is 0 Å². The van der Waals surface area contributed by atoms with Gasteiger partial charge >= 0.3 is 6.03 Å². The van der Waals surface area contributed by atoms with Gasteiger partial charge in [0.1, 0.15) is 0 Å². The molecule has 82 valence electrons. The molecule has 0 aromatic carbocycles. The highest BCUT2D eigenvalue weighted by molar-refractivity contribution is 5.71. The average Bonchev–Trinajstić information content (AvgIpc) is 2.17. The van der Waals surface area contributed by atoms with Crippen molar-refractivity contribution in [3.63, 3.8) is 0 Å². The second-order valence-electron chi connectivity index (χ2n) is 3.91. The molecule has 0 unspecified atom stereocenters. The maximum absolute atomic E-state index is 10.7. The van der Waals surface area contributed by atoms with Crippen molar-refractivity contribution in [2.45, 2.75) is 38.6 Å². The van der Waals surface area contributed by atoms with Crippen molar-refractivity contribution in [1.29, 1.82) is 0 Å². The zero-order valence-corrected chi connectivity index (χ0v) is 8.79. The highest BCUT2D eigenvalue weighted by Gasteiger charge is 2.18. The van der Waals surface area contributed by atoms with Crippen molar-refractivity contribution in [1.82, 2.24) is 5.32 Å². The van der Waals surface area contributed by atoms with E-state index in [0.717, 1.165) is 38.9 Å². The second kappa shape index (κ2) is 5.86. The normalized spacial score (nSPS) is 20.4. The lowest BCUT2D eigenvalue weighted by atomic mass is 9.91. The molecule has 0 spiro atoms. The summed E-state index contributed by atoms with van der Waals surface area (Å²) in [5.41, 5.74) is 5.10. The predicted molar refractivity (Wildman–Crippen MR) is 55.0 cm³/mol. The molecule has 0 aromatic rings. The van der Waals surface area contributed by atoms with Crippen LogP contribution in [0, 0.1) is 5.92 Å². The maximum atomic E-state index is 10.7. The summed E-state index contributed by atoms with van der Waals surface area (Å²) in [7, 11) is 0. The van der Waals surface area contributed by atoms with Gasteiger partial charge in [-0.15, -0.1) is 0 Å². The Bertz CT molecular complexity index is 179. The van der Waals surface area contributed by atoms with Gasteiger partial charge in [-0.2, -0.15) is 0 Å². The summed E-state index contributed by atoms with van der Waals surface area (Å²) in [4.78, 5) is 10.7. The van der Waals surface area contributed by atoms with Gasteiger partial charge < -0.3 is 15.8 Å². The van der Waals surface area contributed by atoms with Crippen LogP contribution in [0.5, 0.6) is 0 Å². The third kappa shape index (κ3) is 3.96. The van der Waals surface area contributed by atoms with Crippen LogP contribution in [0.1, 0.15) is 32.6 Å². The van der Waals surface area contributed by atoms with Crippen molar-refractivity contribution >= 4 is 6.03 Å². The summed E-state index contributed by atoms with van der Waals surface area (Å²) < 4.78 is 5.28. The Morgan fingerprint density at radius 2 is 2.21 bits per heavy atom.